The van der Waals surface area contributed by atoms with E-state index in [1.165, 1.54) is 6.92 Å². The molecule has 37 heavy (non-hydrogen) atoms. The molecule has 1 aliphatic carbocycles. The van der Waals surface area contributed by atoms with Crippen molar-refractivity contribution in [1.82, 2.24) is 14.5 Å². The van der Waals surface area contributed by atoms with Crippen molar-refractivity contribution in [3.63, 3.8) is 0 Å². The van der Waals surface area contributed by atoms with Gasteiger partial charge in [-0.05, 0) is 49.3 Å². The molecule has 11 heteroatoms. The number of aliphatic carboxylic acids is 1. The molecule has 2 heterocycles. The quantitative estimate of drug-likeness (QED) is 0.431. The number of piperidine rings is 1. The molecule has 2 unspecified atom stereocenters. The van der Waals surface area contributed by atoms with Crippen LogP contribution in [0.4, 0.5) is 13.2 Å². The van der Waals surface area contributed by atoms with Crippen LogP contribution in [0.1, 0.15) is 80.0 Å². The van der Waals surface area contributed by atoms with Crippen LogP contribution in [0.15, 0.2) is 17.7 Å². The third-order valence-electron chi connectivity index (χ3n) is 7.65. The van der Waals surface area contributed by atoms with Crippen molar-refractivity contribution < 1.29 is 28.2 Å². The third-order valence-corrected chi connectivity index (χ3v) is 8.45. The highest BCUT2D eigenvalue weighted by Crippen LogP contribution is 2.45. The first-order valence-electron chi connectivity index (χ1n) is 12.2. The number of nitrogens with zero attached hydrogens (tertiary/aromatic N) is 3. The van der Waals surface area contributed by atoms with Crippen LogP contribution in [-0.2, 0) is 18.3 Å². The van der Waals surface area contributed by atoms with E-state index in [1.54, 1.807) is 26.1 Å². The number of hydrogen-bond acceptors (Lipinski definition) is 4. The van der Waals surface area contributed by atoms with E-state index in [4.69, 9.17) is 28.3 Å². The number of carbonyl (C=O) groups is 1. The Hall–Kier alpha value is -2.07. The molecule has 0 radical (unpaired) electrons. The van der Waals surface area contributed by atoms with Crippen LogP contribution in [0.2, 0.25) is 10.0 Å². The van der Waals surface area contributed by atoms with Crippen molar-refractivity contribution in [1.29, 1.82) is 0 Å². The number of hydrogen-bond donors (Lipinski definition) is 2. The molecule has 4 rings (SSSR count). The number of rotatable bonds is 6. The Bertz CT molecular complexity index is 1230. The van der Waals surface area contributed by atoms with Gasteiger partial charge in [0.2, 0.25) is 0 Å². The fourth-order valence-electron chi connectivity index (χ4n) is 5.57. The first-order chi connectivity index (χ1) is 17.3. The van der Waals surface area contributed by atoms with E-state index in [1.807, 2.05) is 9.47 Å². The largest absolute Gasteiger partial charge is 0.481 e. The highest BCUT2D eigenvalue weighted by atomic mass is 35.5. The van der Waals surface area contributed by atoms with Crippen LogP contribution in [0.3, 0.4) is 0 Å². The Morgan fingerprint density at radius 2 is 1.89 bits per heavy atom. The van der Waals surface area contributed by atoms with Gasteiger partial charge in [-0.1, -0.05) is 36.2 Å². The van der Waals surface area contributed by atoms with Crippen LogP contribution in [-0.4, -0.2) is 49.9 Å². The van der Waals surface area contributed by atoms with Crippen molar-refractivity contribution in [3.8, 4) is 0 Å². The zero-order valence-electron chi connectivity index (χ0n) is 20.9. The van der Waals surface area contributed by atoms with E-state index in [0.29, 0.717) is 53.6 Å². The summed E-state index contributed by atoms with van der Waals surface area (Å²) in [4.78, 5) is 17.4. The Labute approximate surface area is 223 Å². The van der Waals surface area contributed by atoms with Gasteiger partial charge in [0.25, 0.3) is 0 Å². The van der Waals surface area contributed by atoms with Crippen LogP contribution in [0.5, 0.6) is 0 Å². The monoisotopic (exact) mass is 559 g/mol. The van der Waals surface area contributed by atoms with Gasteiger partial charge in [-0.25, -0.2) is 4.98 Å². The summed E-state index contributed by atoms with van der Waals surface area (Å²) in [6.07, 6.45) is -3.90. The van der Waals surface area contributed by atoms with Crippen molar-refractivity contribution in [2.45, 2.75) is 64.3 Å². The van der Waals surface area contributed by atoms with Gasteiger partial charge < -0.3 is 14.8 Å². The first kappa shape index (κ1) is 28.0. The van der Waals surface area contributed by atoms with Crippen molar-refractivity contribution in [2.24, 2.45) is 13.0 Å². The number of likely N-dealkylation sites (tertiary alicyclic amines) is 1. The maximum Gasteiger partial charge on any atom is 0.413 e. The zero-order chi connectivity index (χ0) is 27.2. The number of imidazole rings is 1. The van der Waals surface area contributed by atoms with Gasteiger partial charge in [-0.15, -0.1) is 0 Å². The number of halogens is 5. The van der Waals surface area contributed by atoms with Gasteiger partial charge >= 0.3 is 12.1 Å². The summed E-state index contributed by atoms with van der Waals surface area (Å²) < 4.78 is 42.6. The fraction of sp³-hybridized carbons (Fsp3) is 0.538. The molecule has 1 saturated heterocycles. The molecule has 0 amide bonds. The van der Waals surface area contributed by atoms with Gasteiger partial charge in [0.15, 0.2) is 0 Å². The third kappa shape index (κ3) is 5.55. The Balaban J connectivity index is 1.61. The lowest BCUT2D eigenvalue weighted by atomic mass is 9.85. The number of aliphatic hydroxyl groups is 1. The SMILES string of the molecule is CC1=C(C(F)(F)F)CC(C)c2c1nc(Cc1c(Cl)ccc(C(O)N3CCC(CC(=O)O)CC3)c1Cl)n2C. The summed E-state index contributed by atoms with van der Waals surface area (Å²) in [5, 5.41) is 20.8. The second kappa shape index (κ2) is 10.6. The highest BCUT2D eigenvalue weighted by molar-refractivity contribution is 6.36. The van der Waals surface area contributed by atoms with E-state index in [9.17, 15) is 23.1 Å². The number of carboxylic acids is 1. The number of allylic oxidation sites excluding steroid dienone is 2. The molecule has 6 nitrogen and oxygen atoms in total. The second-order valence-corrected chi connectivity index (χ2v) is 10.9. The summed E-state index contributed by atoms with van der Waals surface area (Å²) in [7, 11) is 1.78. The maximum atomic E-state index is 13.6. The Morgan fingerprint density at radius 1 is 1.24 bits per heavy atom. The molecule has 0 saturated carbocycles. The van der Waals surface area contributed by atoms with E-state index >= 15 is 0 Å². The summed E-state index contributed by atoms with van der Waals surface area (Å²) in [6, 6.07) is 3.31. The van der Waals surface area contributed by atoms with Crippen molar-refractivity contribution >= 4 is 34.7 Å². The summed E-state index contributed by atoms with van der Waals surface area (Å²) in [6.45, 7) is 4.29. The lowest BCUT2D eigenvalue weighted by Gasteiger charge is -2.35. The molecule has 202 valence electrons. The van der Waals surface area contributed by atoms with Gasteiger partial charge in [0.05, 0.1) is 10.7 Å². The average Bonchev–Trinajstić information content (AvgIpc) is 3.15. The van der Waals surface area contributed by atoms with Gasteiger partial charge in [-0.3, -0.25) is 9.69 Å². The van der Waals surface area contributed by atoms with Gasteiger partial charge in [0, 0.05) is 60.7 Å². The molecule has 0 bridgehead atoms. The maximum absolute atomic E-state index is 13.6. The Morgan fingerprint density at radius 3 is 2.49 bits per heavy atom. The minimum Gasteiger partial charge on any atom is -0.481 e. The van der Waals surface area contributed by atoms with Crippen LogP contribution < -0.4 is 0 Å². The van der Waals surface area contributed by atoms with E-state index in [0.717, 1.165) is 5.69 Å². The van der Waals surface area contributed by atoms with Crippen LogP contribution in [0.25, 0.3) is 5.57 Å². The van der Waals surface area contributed by atoms with Crippen LogP contribution >= 0.6 is 23.2 Å². The smallest absolute Gasteiger partial charge is 0.413 e. The summed E-state index contributed by atoms with van der Waals surface area (Å²) >= 11 is 13.2. The molecule has 2 aliphatic rings. The molecule has 1 aromatic carbocycles. The molecule has 1 aromatic heterocycles. The second-order valence-electron chi connectivity index (χ2n) is 10.1. The molecule has 2 aromatic rings. The number of aromatic nitrogens is 2. The fourth-order valence-corrected chi connectivity index (χ4v) is 6.17. The van der Waals surface area contributed by atoms with E-state index in [-0.39, 0.29) is 41.7 Å². The lowest BCUT2D eigenvalue weighted by Crippen LogP contribution is -2.37. The number of aliphatic hydroxyl groups excluding tert-OH is 1. The van der Waals surface area contributed by atoms with Crippen molar-refractivity contribution in [3.05, 3.63) is 56.1 Å². The zero-order valence-corrected chi connectivity index (χ0v) is 22.4. The predicted molar refractivity (Wildman–Crippen MR) is 136 cm³/mol. The molecule has 0 spiro atoms. The predicted octanol–water partition coefficient (Wildman–Crippen LogP) is 6.34. The lowest BCUT2D eigenvalue weighted by molar-refractivity contribution is -0.138. The van der Waals surface area contributed by atoms with Gasteiger partial charge in [-0.2, -0.15) is 13.2 Å². The number of fused-ring (bicyclic) bond motifs is 1. The molecule has 1 aliphatic heterocycles. The topological polar surface area (TPSA) is 78.6 Å². The molecule has 1 fully saturated rings. The number of carboxylic acid groups (broad SMARTS) is 1. The van der Waals surface area contributed by atoms with Gasteiger partial charge in [0.1, 0.15) is 12.1 Å². The average molecular weight is 560 g/mol. The minimum atomic E-state index is -4.41. The van der Waals surface area contributed by atoms with E-state index < -0.39 is 23.9 Å². The standard InChI is InChI=1S/C26H30Cl2F3N3O3/c1-13-10-18(26(29,30)31)14(2)23-24(13)33(3)20(32-23)12-17-19(27)5-4-16(22(17)28)25(37)34-8-6-15(7-9-34)11-21(35)36/h4-5,13,15,25,37H,6-12H2,1-3H3,(H,35,36). The molecule has 2 N–H and O–H groups in total. The molecular weight excluding hydrogens is 530 g/mol. The summed E-state index contributed by atoms with van der Waals surface area (Å²) in [5.74, 6) is -0.575. The Kier molecular flexibility index (Phi) is 8.00. The van der Waals surface area contributed by atoms with Crippen LogP contribution in [0, 0.1) is 5.92 Å². The minimum absolute atomic E-state index is 0.0735. The first-order valence-corrected chi connectivity index (χ1v) is 13.0. The van der Waals surface area contributed by atoms with Crippen molar-refractivity contribution in [2.75, 3.05) is 13.1 Å². The number of benzene rings is 1. The summed E-state index contributed by atoms with van der Waals surface area (Å²) in [5.41, 5.74) is 1.68. The highest BCUT2D eigenvalue weighted by Gasteiger charge is 2.41. The normalized spacial score (nSPS) is 20.3. The van der Waals surface area contributed by atoms with E-state index in [2.05, 4.69) is 4.98 Å². The molecule has 2 atom stereocenters. The number of alkyl halides is 3. The molecular formula is C26H30Cl2F3N3O3.